The first kappa shape index (κ1) is 7.98. The maximum atomic E-state index is 3.03. The van der Waals surface area contributed by atoms with Gasteiger partial charge in [0.05, 0.1) is 0 Å². The van der Waals surface area contributed by atoms with E-state index in [2.05, 4.69) is 5.32 Å². The summed E-state index contributed by atoms with van der Waals surface area (Å²) in [6.07, 6.45) is 0. The average Bonchev–Trinajstić information content (AvgIpc) is 1.90. The first-order chi connectivity index (χ1) is 3.93. The van der Waals surface area contributed by atoms with Gasteiger partial charge in [-0.05, 0) is 12.1 Å². The van der Waals surface area contributed by atoms with Crippen LogP contribution in [0.5, 0.6) is 0 Å². The van der Waals surface area contributed by atoms with E-state index in [-0.39, 0.29) is 9.00 Å². The highest BCUT2D eigenvalue weighted by molar-refractivity contribution is 5.41. The third kappa shape index (κ3) is 2.15. The molecule has 1 aromatic carbocycles. The van der Waals surface area contributed by atoms with Crippen LogP contribution in [0.3, 0.4) is 0 Å². The predicted octanol–water partition coefficient (Wildman–Crippen LogP) is 2.38. The lowest BCUT2D eigenvalue weighted by atomic mass is 10.3. The van der Waals surface area contributed by atoms with Crippen molar-refractivity contribution in [3.63, 3.8) is 0 Å². The molecule has 9 heavy (non-hydrogen) atoms. The summed E-state index contributed by atoms with van der Waals surface area (Å²) >= 11 is 0. The standard InChI is InChI=1S/C7H9N.H3N.2H2/c1-8-7-5-3-2-4-6-7;;;/h2-6,8H,1H3;1H3;2*1H. The normalized spacial score (nSPS) is 7.67. The summed E-state index contributed by atoms with van der Waals surface area (Å²) < 4.78 is 0. The van der Waals surface area contributed by atoms with Crippen molar-refractivity contribution in [3.05, 3.63) is 30.3 Å². The zero-order valence-electron chi connectivity index (χ0n) is 5.59. The molecule has 0 radical (unpaired) electrons. The molecule has 0 fully saturated rings. The highest BCUT2D eigenvalue weighted by atomic mass is 14.8. The molecule has 0 heterocycles. The second-order valence-corrected chi connectivity index (χ2v) is 1.62. The topological polar surface area (TPSA) is 47.0 Å². The molecule has 0 amide bonds. The van der Waals surface area contributed by atoms with Gasteiger partial charge < -0.3 is 11.5 Å². The Balaban J connectivity index is -0.000000213. The number of benzene rings is 1. The van der Waals surface area contributed by atoms with Crippen molar-refractivity contribution in [2.75, 3.05) is 12.4 Å². The van der Waals surface area contributed by atoms with Gasteiger partial charge in [-0.3, -0.25) is 0 Å². The monoisotopic (exact) mass is 128 g/mol. The molecular weight excluding hydrogens is 112 g/mol. The molecule has 2 heteroatoms. The van der Waals surface area contributed by atoms with Crippen LogP contribution in [-0.4, -0.2) is 7.05 Å². The molecule has 1 rings (SSSR count). The van der Waals surface area contributed by atoms with Crippen molar-refractivity contribution in [2.45, 2.75) is 0 Å². The average molecular weight is 128 g/mol. The minimum Gasteiger partial charge on any atom is -0.388 e. The second kappa shape index (κ2) is 3.92. The van der Waals surface area contributed by atoms with Gasteiger partial charge in [0.25, 0.3) is 0 Å². The van der Waals surface area contributed by atoms with Crippen molar-refractivity contribution < 1.29 is 2.85 Å². The van der Waals surface area contributed by atoms with Gasteiger partial charge in [-0.1, -0.05) is 18.2 Å². The van der Waals surface area contributed by atoms with E-state index in [0.29, 0.717) is 0 Å². The second-order valence-electron chi connectivity index (χ2n) is 1.62. The molecule has 1 aromatic rings. The molecule has 2 nitrogen and oxygen atoms in total. The van der Waals surface area contributed by atoms with E-state index in [1.54, 1.807) is 0 Å². The van der Waals surface area contributed by atoms with E-state index in [0.717, 1.165) is 5.69 Å². The molecule has 0 atom stereocenters. The molecule has 0 saturated carbocycles. The molecule has 0 aliphatic carbocycles. The fourth-order valence-corrected chi connectivity index (χ4v) is 0.605. The van der Waals surface area contributed by atoms with Crippen LogP contribution in [0, 0.1) is 0 Å². The first-order valence-electron chi connectivity index (χ1n) is 2.66. The summed E-state index contributed by atoms with van der Waals surface area (Å²) in [6, 6.07) is 10.1. The van der Waals surface area contributed by atoms with Crippen molar-refractivity contribution in [3.8, 4) is 0 Å². The summed E-state index contributed by atoms with van der Waals surface area (Å²) in [7, 11) is 1.91. The fourth-order valence-electron chi connectivity index (χ4n) is 0.605. The molecule has 0 bridgehead atoms. The van der Waals surface area contributed by atoms with Crippen LogP contribution in [0.2, 0.25) is 0 Å². The quantitative estimate of drug-likeness (QED) is 0.610. The maximum absolute atomic E-state index is 3.03. The zero-order valence-corrected chi connectivity index (χ0v) is 5.59. The minimum absolute atomic E-state index is 0. The van der Waals surface area contributed by atoms with Gasteiger partial charge in [0.2, 0.25) is 0 Å². The van der Waals surface area contributed by atoms with Crippen molar-refractivity contribution in [2.24, 2.45) is 0 Å². The Morgan fingerprint density at radius 2 is 1.78 bits per heavy atom. The lowest BCUT2D eigenvalue weighted by molar-refractivity contribution is 1.51. The third-order valence-electron chi connectivity index (χ3n) is 1.06. The van der Waals surface area contributed by atoms with Crippen LogP contribution >= 0.6 is 0 Å². The summed E-state index contributed by atoms with van der Waals surface area (Å²) in [5.74, 6) is 0. The fraction of sp³-hybridized carbons (Fsp3) is 0.143. The van der Waals surface area contributed by atoms with Gasteiger partial charge >= 0.3 is 0 Å². The lowest BCUT2D eigenvalue weighted by Gasteiger charge is -1.94. The number of anilines is 1. The zero-order chi connectivity index (χ0) is 5.82. The van der Waals surface area contributed by atoms with Gasteiger partial charge in [0.1, 0.15) is 0 Å². The third-order valence-corrected chi connectivity index (χ3v) is 1.06. The Hall–Kier alpha value is -1.02. The van der Waals surface area contributed by atoms with Crippen LogP contribution in [0.1, 0.15) is 2.85 Å². The number of rotatable bonds is 1. The van der Waals surface area contributed by atoms with Crippen LogP contribution in [-0.2, 0) is 0 Å². The first-order valence-corrected chi connectivity index (χ1v) is 2.66. The van der Waals surface area contributed by atoms with E-state index >= 15 is 0 Å². The highest BCUT2D eigenvalue weighted by Gasteiger charge is 1.77. The Labute approximate surface area is 58.5 Å². The molecule has 0 unspecified atom stereocenters. The minimum atomic E-state index is 0. The molecule has 0 saturated heterocycles. The van der Waals surface area contributed by atoms with Crippen molar-refractivity contribution in [1.29, 1.82) is 0 Å². The SMILES string of the molecule is CNc1ccccc1.N.[HH].[HH]. The van der Waals surface area contributed by atoms with Gasteiger partial charge in [-0.15, -0.1) is 0 Å². The summed E-state index contributed by atoms with van der Waals surface area (Å²) in [4.78, 5) is 0. The highest BCUT2D eigenvalue weighted by Crippen LogP contribution is 2.01. The Kier molecular flexibility index (Phi) is 3.48. The molecular formula is C7H16N2. The van der Waals surface area contributed by atoms with Crippen molar-refractivity contribution in [1.82, 2.24) is 6.15 Å². The molecule has 54 valence electrons. The largest absolute Gasteiger partial charge is 0.388 e. The van der Waals surface area contributed by atoms with E-state index in [4.69, 9.17) is 0 Å². The van der Waals surface area contributed by atoms with Crippen LogP contribution < -0.4 is 11.5 Å². The number of hydrogen-bond donors (Lipinski definition) is 2. The molecule has 0 aliphatic rings. The smallest absolute Gasteiger partial charge is 0.0337 e. The van der Waals surface area contributed by atoms with Crippen LogP contribution in [0.4, 0.5) is 5.69 Å². The van der Waals surface area contributed by atoms with Crippen LogP contribution in [0.25, 0.3) is 0 Å². The number of hydrogen-bond acceptors (Lipinski definition) is 2. The van der Waals surface area contributed by atoms with Gasteiger partial charge in [-0.2, -0.15) is 0 Å². The Morgan fingerprint density at radius 1 is 1.22 bits per heavy atom. The predicted molar refractivity (Wildman–Crippen MR) is 45.2 cm³/mol. The molecule has 4 N–H and O–H groups in total. The number of nitrogens with one attached hydrogen (secondary N) is 1. The van der Waals surface area contributed by atoms with Crippen molar-refractivity contribution >= 4 is 5.69 Å². The Morgan fingerprint density at radius 3 is 2.11 bits per heavy atom. The van der Waals surface area contributed by atoms with Crippen LogP contribution in [0.15, 0.2) is 30.3 Å². The van der Waals surface area contributed by atoms with E-state index in [1.807, 2.05) is 37.4 Å². The van der Waals surface area contributed by atoms with E-state index in [1.165, 1.54) is 0 Å². The molecule has 0 aliphatic heterocycles. The van der Waals surface area contributed by atoms with E-state index in [9.17, 15) is 0 Å². The van der Waals surface area contributed by atoms with E-state index < -0.39 is 0 Å². The van der Waals surface area contributed by atoms with Gasteiger partial charge in [-0.25, -0.2) is 0 Å². The lowest BCUT2D eigenvalue weighted by Crippen LogP contribution is -1.84. The van der Waals surface area contributed by atoms with Gasteiger partial charge in [0, 0.05) is 15.6 Å². The summed E-state index contributed by atoms with van der Waals surface area (Å²) in [6.45, 7) is 0. The molecule has 0 aromatic heterocycles. The Bertz CT molecular complexity index is 156. The van der Waals surface area contributed by atoms with Gasteiger partial charge in [0.15, 0.2) is 0 Å². The number of para-hydroxylation sites is 1. The molecule has 0 spiro atoms. The maximum Gasteiger partial charge on any atom is 0.0337 e. The summed E-state index contributed by atoms with van der Waals surface area (Å²) in [5, 5.41) is 3.03. The summed E-state index contributed by atoms with van der Waals surface area (Å²) in [5.41, 5.74) is 1.16.